The van der Waals surface area contributed by atoms with Crippen molar-refractivity contribution in [2.24, 2.45) is 5.92 Å². The van der Waals surface area contributed by atoms with Crippen molar-refractivity contribution in [1.82, 2.24) is 14.4 Å². The number of imidazole rings is 1. The van der Waals surface area contributed by atoms with Crippen molar-refractivity contribution >= 4 is 17.3 Å². The van der Waals surface area contributed by atoms with E-state index >= 15 is 0 Å². The van der Waals surface area contributed by atoms with Gasteiger partial charge in [0.2, 0.25) is 0 Å². The van der Waals surface area contributed by atoms with Crippen molar-refractivity contribution in [1.29, 1.82) is 0 Å². The van der Waals surface area contributed by atoms with E-state index in [0.29, 0.717) is 18.2 Å². The predicted molar refractivity (Wildman–Crippen MR) is 73.9 cm³/mol. The molecule has 0 spiro atoms. The number of nitrogens with zero attached hydrogens (tertiary/aromatic N) is 3. The molecule has 102 valence electrons. The maximum atomic E-state index is 9.97. The maximum Gasteiger partial charge on any atom is 0.180 e. The number of aliphatic hydroxyl groups excluding tert-OH is 1. The number of hydrogen-bond donors (Lipinski definition) is 3. The predicted octanol–water partition coefficient (Wildman–Crippen LogP) is 1.27. The van der Waals surface area contributed by atoms with Crippen molar-refractivity contribution in [3.8, 4) is 0 Å². The lowest BCUT2D eigenvalue weighted by atomic mass is 9.86. The molecular weight excluding hydrogens is 242 g/mol. The molecule has 0 saturated heterocycles. The highest BCUT2D eigenvalue weighted by atomic mass is 16.3. The van der Waals surface area contributed by atoms with Gasteiger partial charge >= 0.3 is 0 Å². The molecule has 1 aliphatic rings. The van der Waals surface area contributed by atoms with Crippen LogP contribution in [-0.4, -0.2) is 32.1 Å². The second kappa shape index (κ2) is 5.05. The number of aromatic nitrogens is 3. The number of anilines is 2. The molecular formula is C13H19N5O. The third-order valence-corrected chi connectivity index (χ3v) is 3.79. The van der Waals surface area contributed by atoms with Gasteiger partial charge in [0.05, 0.1) is 12.3 Å². The lowest BCUT2D eigenvalue weighted by Gasteiger charge is -2.27. The topological polar surface area (TPSA) is 88.5 Å². The smallest absolute Gasteiger partial charge is 0.180 e. The molecule has 3 rings (SSSR count). The van der Waals surface area contributed by atoms with Crippen LogP contribution in [0.1, 0.15) is 25.7 Å². The van der Waals surface area contributed by atoms with Gasteiger partial charge in [-0.3, -0.25) is 0 Å². The lowest BCUT2D eigenvalue weighted by Crippen LogP contribution is -2.30. The fraction of sp³-hybridized carbons (Fsp3) is 0.538. The summed E-state index contributed by atoms with van der Waals surface area (Å²) in [6.07, 6.45) is 9.36. The summed E-state index contributed by atoms with van der Waals surface area (Å²) in [4.78, 5) is 8.55. The van der Waals surface area contributed by atoms with Gasteiger partial charge in [0.25, 0.3) is 0 Å². The Balaban J connectivity index is 1.75. The highest BCUT2D eigenvalue weighted by Gasteiger charge is 2.23. The van der Waals surface area contributed by atoms with Crippen LogP contribution in [0, 0.1) is 5.92 Å². The third kappa shape index (κ3) is 2.49. The molecule has 2 atom stereocenters. The van der Waals surface area contributed by atoms with Crippen molar-refractivity contribution in [3.63, 3.8) is 0 Å². The Labute approximate surface area is 111 Å². The van der Waals surface area contributed by atoms with E-state index in [2.05, 4.69) is 15.3 Å². The molecule has 1 aliphatic carbocycles. The van der Waals surface area contributed by atoms with E-state index in [1.165, 1.54) is 6.42 Å². The molecule has 19 heavy (non-hydrogen) atoms. The summed E-state index contributed by atoms with van der Waals surface area (Å²) in [6, 6.07) is 0. The van der Waals surface area contributed by atoms with E-state index in [9.17, 15) is 5.11 Å². The van der Waals surface area contributed by atoms with Gasteiger partial charge < -0.3 is 20.6 Å². The van der Waals surface area contributed by atoms with Crippen LogP contribution < -0.4 is 11.1 Å². The van der Waals surface area contributed by atoms with Crippen LogP contribution in [0.5, 0.6) is 0 Å². The van der Waals surface area contributed by atoms with Crippen LogP contribution in [0.3, 0.4) is 0 Å². The van der Waals surface area contributed by atoms with Gasteiger partial charge in [0.15, 0.2) is 11.5 Å². The van der Waals surface area contributed by atoms with Crippen LogP contribution in [0.15, 0.2) is 18.6 Å². The number of aliphatic hydroxyl groups is 1. The van der Waals surface area contributed by atoms with E-state index < -0.39 is 0 Å². The Bertz CT molecular complexity index is 567. The highest BCUT2D eigenvalue weighted by Crippen LogP contribution is 2.25. The minimum absolute atomic E-state index is 0.210. The Kier molecular flexibility index (Phi) is 3.25. The second-order valence-electron chi connectivity index (χ2n) is 5.17. The largest absolute Gasteiger partial charge is 0.393 e. The summed E-state index contributed by atoms with van der Waals surface area (Å²) in [5.74, 6) is 1.42. The average Bonchev–Trinajstić information content (AvgIpc) is 2.85. The first-order valence-electron chi connectivity index (χ1n) is 6.75. The quantitative estimate of drug-likeness (QED) is 0.774. The summed E-state index contributed by atoms with van der Waals surface area (Å²) in [5, 5.41) is 13.2. The van der Waals surface area contributed by atoms with Gasteiger partial charge in [0, 0.05) is 24.9 Å². The molecule has 2 aromatic heterocycles. The van der Waals surface area contributed by atoms with Crippen LogP contribution in [0.25, 0.3) is 5.65 Å². The standard InChI is InChI=1S/C13H19N5O/c14-11-8-18-6-5-15-13(18)12(17-11)16-7-9-3-1-2-4-10(9)19/h5-6,8-10,19H,1-4,7,14H2,(H,16,17). The number of nitrogens with one attached hydrogen (secondary N) is 1. The first-order chi connectivity index (χ1) is 9.24. The molecule has 6 nitrogen and oxygen atoms in total. The number of fused-ring (bicyclic) bond motifs is 1. The molecule has 0 radical (unpaired) electrons. The van der Waals surface area contributed by atoms with E-state index in [1.54, 1.807) is 12.4 Å². The van der Waals surface area contributed by atoms with Crippen molar-refractivity contribution in [2.45, 2.75) is 31.8 Å². The molecule has 2 heterocycles. The molecule has 0 aromatic carbocycles. The summed E-state index contributed by atoms with van der Waals surface area (Å²) in [5.41, 5.74) is 6.53. The first-order valence-corrected chi connectivity index (χ1v) is 6.75. The Morgan fingerprint density at radius 3 is 3.11 bits per heavy atom. The lowest BCUT2D eigenvalue weighted by molar-refractivity contribution is 0.0763. The molecule has 2 aromatic rings. The SMILES string of the molecule is Nc1cn2ccnc2c(NCC2CCCCC2O)n1. The zero-order valence-electron chi connectivity index (χ0n) is 10.8. The van der Waals surface area contributed by atoms with Crippen LogP contribution in [0.4, 0.5) is 11.6 Å². The number of hydrogen-bond acceptors (Lipinski definition) is 5. The Morgan fingerprint density at radius 2 is 2.26 bits per heavy atom. The molecule has 0 aliphatic heterocycles. The van der Waals surface area contributed by atoms with Crippen molar-refractivity contribution in [2.75, 3.05) is 17.6 Å². The van der Waals surface area contributed by atoms with Crippen LogP contribution in [0.2, 0.25) is 0 Å². The monoisotopic (exact) mass is 261 g/mol. The zero-order chi connectivity index (χ0) is 13.2. The highest BCUT2D eigenvalue weighted by molar-refractivity contribution is 5.64. The molecule has 1 fully saturated rings. The fourth-order valence-electron chi connectivity index (χ4n) is 2.72. The van der Waals surface area contributed by atoms with Gasteiger partial charge in [-0.25, -0.2) is 9.97 Å². The van der Waals surface area contributed by atoms with E-state index in [1.807, 2.05) is 10.6 Å². The van der Waals surface area contributed by atoms with Gasteiger partial charge in [-0.1, -0.05) is 12.8 Å². The van der Waals surface area contributed by atoms with Crippen molar-refractivity contribution in [3.05, 3.63) is 18.6 Å². The van der Waals surface area contributed by atoms with Crippen LogP contribution in [-0.2, 0) is 0 Å². The van der Waals surface area contributed by atoms with Gasteiger partial charge in [-0.15, -0.1) is 0 Å². The zero-order valence-corrected chi connectivity index (χ0v) is 10.8. The molecule has 0 bridgehead atoms. The second-order valence-corrected chi connectivity index (χ2v) is 5.17. The minimum atomic E-state index is -0.210. The number of rotatable bonds is 3. The normalized spacial score (nSPS) is 23.6. The third-order valence-electron chi connectivity index (χ3n) is 3.79. The summed E-state index contributed by atoms with van der Waals surface area (Å²) in [7, 11) is 0. The summed E-state index contributed by atoms with van der Waals surface area (Å²) >= 11 is 0. The Morgan fingerprint density at radius 1 is 1.42 bits per heavy atom. The molecule has 6 heteroatoms. The van der Waals surface area contributed by atoms with Crippen molar-refractivity contribution < 1.29 is 5.11 Å². The minimum Gasteiger partial charge on any atom is -0.393 e. The maximum absolute atomic E-state index is 9.97. The van der Waals surface area contributed by atoms with E-state index in [-0.39, 0.29) is 12.0 Å². The Hall–Kier alpha value is -1.82. The fourth-order valence-corrected chi connectivity index (χ4v) is 2.72. The van der Waals surface area contributed by atoms with E-state index in [4.69, 9.17) is 5.73 Å². The summed E-state index contributed by atoms with van der Waals surface area (Å²) < 4.78 is 1.85. The van der Waals surface area contributed by atoms with Gasteiger partial charge in [-0.05, 0) is 12.8 Å². The van der Waals surface area contributed by atoms with E-state index in [0.717, 1.165) is 24.9 Å². The van der Waals surface area contributed by atoms with Gasteiger partial charge in [0.1, 0.15) is 5.82 Å². The summed E-state index contributed by atoms with van der Waals surface area (Å²) in [6.45, 7) is 0.708. The number of nitrogen functional groups attached to an aromatic ring is 1. The van der Waals surface area contributed by atoms with Crippen LogP contribution >= 0.6 is 0 Å². The first kappa shape index (κ1) is 12.2. The molecule has 4 N–H and O–H groups in total. The molecule has 0 amide bonds. The molecule has 1 saturated carbocycles. The average molecular weight is 261 g/mol. The number of nitrogens with two attached hydrogens (primary N) is 1. The molecule has 2 unspecified atom stereocenters. The van der Waals surface area contributed by atoms with Gasteiger partial charge in [-0.2, -0.15) is 0 Å².